The van der Waals surface area contributed by atoms with Gasteiger partial charge in [-0.2, -0.15) is 0 Å². The lowest BCUT2D eigenvalue weighted by Crippen LogP contribution is -2.42. The summed E-state index contributed by atoms with van der Waals surface area (Å²) in [4.78, 5) is 2.24. The predicted octanol–water partition coefficient (Wildman–Crippen LogP) is 2.77. The van der Waals surface area contributed by atoms with Gasteiger partial charge in [0.25, 0.3) is 0 Å². The quantitative estimate of drug-likeness (QED) is 0.844. The summed E-state index contributed by atoms with van der Waals surface area (Å²) in [7, 11) is 2.08. The maximum atomic E-state index is 10.0. The Morgan fingerprint density at radius 1 is 1.39 bits per heavy atom. The topological polar surface area (TPSA) is 49.5 Å². The number of hydrogen-bond acceptors (Lipinski definition) is 3. The number of anilines is 1. The largest absolute Gasteiger partial charge is 0.398 e. The van der Waals surface area contributed by atoms with Gasteiger partial charge in [-0.1, -0.05) is 18.9 Å². The normalized spacial score (nSPS) is 24.4. The van der Waals surface area contributed by atoms with E-state index in [-0.39, 0.29) is 12.1 Å². The minimum absolute atomic E-state index is 0.184. The van der Waals surface area contributed by atoms with Gasteiger partial charge in [0, 0.05) is 22.7 Å². The average molecular weight is 313 g/mol. The summed E-state index contributed by atoms with van der Waals surface area (Å²) in [5.41, 5.74) is 7.85. The predicted molar refractivity (Wildman–Crippen MR) is 78.3 cm³/mol. The monoisotopic (exact) mass is 312 g/mol. The average Bonchev–Trinajstić information content (AvgIpc) is 2.34. The maximum absolute atomic E-state index is 10.0. The van der Waals surface area contributed by atoms with E-state index in [9.17, 15) is 5.11 Å². The zero-order chi connectivity index (χ0) is 13.1. The molecule has 2 unspecified atom stereocenters. The first kappa shape index (κ1) is 13.8. The molecule has 0 saturated heterocycles. The molecular formula is C14H21BrN2O. The Labute approximate surface area is 117 Å². The lowest BCUT2D eigenvalue weighted by molar-refractivity contribution is 0.0288. The van der Waals surface area contributed by atoms with Crippen molar-refractivity contribution >= 4 is 21.6 Å². The number of nitrogens with two attached hydrogens (primary N) is 1. The van der Waals surface area contributed by atoms with Gasteiger partial charge in [-0.05, 0) is 53.5 Å². The first-order valence-corrected chi connectivity index (χ1v) is 7.29. The fourth-order valence-electron chi connectivity index (χ4n) is 2.70. The van der Waals surface area contributed by atoms with Gasteiger partial charge in [0.15, 0.2) is 0 Å². The zero-order valence-corrected chi connectivity index (χ0v) is 12.4. The molecule has 0 amide bonds. The molecule has 0 aliphatic heterocycles. The summed E-state index contributed by atoms with van der Waals surface area (Å²) in [6.07, 6.45) is 4.20. The molecule has 3 nitrogen and oxygen atoms in total. The number of benzene rings is 1. The SMILES string of the molecule is CN(Cc1ccc(Br)c(N)c1)C1CCCCC1O. The standard InChI is InChI=1S/C14H21BrN2O/c1-17(13-4-2-3-5-14(13)18)9-10-6-7-11(15)12(16)8-10/h6-8,13-14,18H,2-5,9,16H2,1H3. The van der Waals surface area contributed by atoms with E-state index in [1.54, 1.807) is 0 Å². The lowest BCUT2D eigenvalue weighted by Gasteiger charge is -2.35. The van der Waals surface area contributed by atoms with Crippen LogP contribution in [-0.4, -0.2) is 29.2 Å². The van der Waals surface area contributed by atoms with Crippen LogP contribution in [0.1, 0.15) is 31.2 Å². The fraction of sp³-hybridized carbons (Fsp3) is 0.571. The second-order valence-corrected chi connectivity index (χ2v) is 6.04. The van der Waals surface area contributed by atoms with Crippen LogP contribution in [0.4, 0.5) is 5.69 Å². The maximum Gasteiger partial charge on any atom is 0.0695 e. The van der Waals surface area contributed by atoms with Crippen molar-refractivity contribution in [3.8, 4) is 0 Å². The molecule has 18 heavy (non-hydrogen) atoms. The molecule has 1 aromatic carbocycles. The Morgan fingerprint density at radius 3 is 2.78 bits per heavy atom. The number of likely N-dealkylation sites (N-methyl/N-ethyl adjacent to an activating group) is 1. The second-order valence-electron chi connectivity index (χ2n) is 5.19. The molecule has 100 valence electrons. The Balaban J connectivity index is 2.01. The molecule has 1 aliphatic carbocycles. The number of halogens is 1. The fourth-order valence-corrected chi connectivity index (χ4v) is 2.95. The minimum atomic E-state index is -0.184. The van der Waals surface area contributed by atoms with Gasteiger partial charge in [0.1, 0.15) is 0 Å². The van der Waals surface area contributed by atoms with Crippen molar-refractivity contribution in [2.24, 2.45) is 0 Å². The van der Waals surface area contributed by atoms with Gasteiger partial charge in [0.05, 0.1) is 6.10 Å². The molecule has 3 N–H and O–H groups in total. The van der Waals surface area contributed by atoms with E-state index in [1.807, 2.05) is 12.1 Å². The third-order valence-electron chi connectivity index (χ3n) is 3.75. The molecule has 2 rings (SSSR count). The first-order chi connectivity index (χ1) is 8.58. The third-order valence-corrected chi connectivity index (χ3v) is 4.47. The molecule has 1 fully saturated rings. The Morgan fingerprint density at radius 2 is 2.11 bits per heavy atom. The number of nitrogens with zero attached hydrogens (tertiary/aromatic N) is 1. The minimum Gasteiger partial charge on any atom is -0.398 e. The van der Waals surface area contributed by atoms with Crippen LogP contribution in [0.2, 0.25) is 0 Å². The van der Waals surface area contributed by atoms with Gasteiger partial charge in [-0.15, -0.1) is 0 Å². The molecule has 0 aromatic heterocycles. The van der Waals surface area contributed by atoms with Gasteiger partial charge < -0.3 is 10.8 Å². The van der Waals surface area contributed by atoms with Crippen molar-refractivity contribution in [3.05, 3.63) is 28.2 Å². The highest BCUT2D eigenvalue weighted by atomic mass is 79.9. The molecule has 0 spiro atoms. The van der Waals surface area contributed by atoms with Crippen LogP contribution in [0.15, 0.2) is 22.7 Å². The van der Waals surface area contributed by atoms with Crippen molar-refractivity contribution in [1.29, 1.82) is 0 Å². The van der Waals surface area contributed by atoms with E-state index in [4.69, 9.17) is 5.73 Å². The number of hydrogen-bond donors (Lipinski definition) is 2. The van der Waals surface area contributed by atoms with Crippen LogP contribution in [-0.2, 0) is 6.54 Å². The first-order valence-electron chi connectivity index (χ1n) is 6.50. The summed E-state index contributed by atoms with van der Waals surface area (Å²) in [5.74, 6) is 0. The van der Waals surface area contributed by atoms with Crippen molar-refractivity contribution in [1.82, 2.24) is 4.90 Å². The van der Waals surface area contributed by atoms with E-state index in [2.05, 4.69) is 33.9 Å². The van der Waals surface area contributed by atoms with E-state index in [1.165, 1.54) is 12.0 Å². The molecule has 1 aromatic rings. The van der Waals surface area contributed by atoms with Crippen molar-refractivity contribution < 1.29 is 5.11 Å². The molecule has 0 radical (unpaired) electrons. The molecule has 1 saturated carbocycles. The molecular weight excluding hydrogens is 292 g/mol. The molecule has 0 bridgehead atoms. The van der Waals surface area contributed by atoms with Gasteiger partial charge >= 0.3 is 0 Å². The molecule has 2 atom stereocenters. The Bertz CT molecular complexity index is 411. The number of aliphatic hydroxyl groups excluding tert-OH is 1. The van der Waals surface area contributed by atoms with Crippen LogP contribution in [0.25, 0.3) is 0 Å². The number of aliphatic hydroxyl groups is 1. The van der Waals surface area contributed by atoms with Crippen LogP contribution in [0, 0.1) is 0 Å². The van der Waals surface area contributed by atoms with E-state index >= 15 is 0 Å². The van der Waals surface area contributed by atoms with Crippen LogP contribution >= 0.6 is 15.9 Å². The molecule has 0 heterocycles. The summed E-state index contributed by atoms with van der Waals surface area (Å²) < 4.78 is 0.937. The van der Waals surface area contributed by atoms with Gasteiger partial charge in [-0.25, -0.2) is 0 Å². The highest BCUT2D eigenvalue weighted by molar-refractivity contribution is 9.10. The van der Waals surface area contributed by atoms with Crippen LogP contribution in [0.3, 0.4) is 0 Å². The van der Waals surface area contributed by atoms with E-state index in [0.29, 0.717) is 0 Å². The van der Waals surface area contributed by atoms with Crippen LogP contribution in [0.5, 0.6) is 0 Å². The van der Waals surface area contributed by atoms with Crippen molar-refractivity contribution in [3.63, 3.8) is 0 Å². The molecule has 4 heteroatoms. The highest BCUT2D eigenvalue weighted by Crippen LogP contribution is 2.25. The summed E-state index contributed by atoms with van der Waals surface area (Å²) in [6, 6.07) is 6.33. The highest BCUT2D eigenvalue weighted by Gasteiger charge is 2.26. The zero-order valence-electron chi connectivity index (χ0n) is 10.8. The van der Waals surface area contributed by atoms with Gasteiger partial charge in [0.2, 0.25) is 0 Å². The number of nitrogen functional groups attached to an aromatic ring is 1. The van der Waals surface area contributed by atoms with Crippen LogP contribution < -0.4 is 5.73 Å². The molecule has 1 aliphatic rings. The summed E-state index contributed by atoms with van der Waals surface area (Å²) in [6.45, 7) is 0.833. The summed E-state index contributed by atoms with van der Waals surface area (Å²) >= 11 is 3.40. The second kappa shape index (κ2) is 6.04. The van der Waals surface area contributed by atoms with Crippen molar-refractivity contribution in [2.75, 3.05) is 12.8 Å². The third kappa shape index (κ3) is 3.25. The van der Waals surface area contributed by atoms with Gasteiger partial charge in [-0.3, -0.25) is 4.90 Å². The van der Waals surface area contributed by atoms with E-state index in [0.717, 1.165) is 36.0 Å². The lowest BCUT2D eigenvalue weighted by atomic mass is 9.91. The number of rotatable bonds is 3. The smallest absolute Gasteiger partial charge is 0.0695 e. The van der Waals surface area contributed by atoms with E-state index < -0.39 is 0 Å². The Hall–Kier alpha value is -0.580. The van der Waals surface area contributed by atoms with Crippen molar-refractivity contribution in [2.45, 2.75) is 44.4 Å². The Kier molecular flexibility index (Phi) is 4.65. The summed E-state index contributed by atoms with van der Waals surface area (Å²) in [5, 5.41) is 10.0.